The number of hydrogen-bond donors (Lipinski definition) is 0. The fourth-order valence-corrected chi connectivity index (χ4v) is 2.57. The molecule has 2 bridgehead atoms. The van der Waals surface area contributed by atoms with E-state index in [0.717, 1.165) is 11.8 Å². The van der Waals surface area contributed by atoms with Crippen LogP contribution in [0.15, 0.2) is 0 Å². The van der Waals surface area contributed by atoms with Gasteiger partial charge in [-0.2, -0.15) is 0 Å². The lowest BCUT2D eigenvalue weighted by Gasteiger charge is -2.05. The molecule has 0 aromatic heterocycles. The molecule has 0 N–H and O–H groups in total. The summed E-state index contributed by atoms with van der Waals surface area (Å²) in [6, 6.07) is 0. The van der Waals surface area contributed by atoms with Crippen LogP contribution >= 0.6 is 0 Å². The minimum absolute atomic E-state index is 1.15. The Balaban J connectivity index is 1.99. The van der Waals surface area contributed by atoms with Crippen LogP contribution in [0.4, 0.5) is 0 Å². The van der Waals surface area contributed by atoms with E-state index < -0.39 is 0 Å². The van der Waals surface area contributed by atoms with E-state index in [9.17, 15) is 0 Å². The number of fused-ring (bicyclic) bond motifs is 2. The van der Waals surface area contributed by atoms with E-state index in [0.29, 0.717) is 0 Å². The quantitative estimate of drug-likeness (QED) is 0.465. The molecule has 0 nitrogen and oxygen atoms in total. The Kier molecular flexibility index (Phi) is 1.48. The molecule has 2 atom stereocenters. The maximum atomic E-state index is 1.58. The highest BCUT2D eigenvalue weighted by Gasteiger charge is 2.26. The average Bonchev–Trinajstić information content (AvgIpc) is 2.09. The highest BCUT2D eigenvalue weighted by atomic mass is 14.3. The van der Waals surface area contributed by atoms with Crippen LogP contribution in [0.5, 0.6) is 0 Å². The van der Waals surface area contributed by atoms with Crippen LogP contribution in [-0.4, -0.2) is 0 Å². The van der Waals surface area contributed by atoms with Crippen molar-refractivity contribution in [2.24, 2.45) is 11.8 Å². The summed E-state index contributed by atoms with van der Waals surface area (Å²) < 4.78 is 0. The summed E-state index contributed by atoms with van der Waals surface area (Å²) in [7, 11) is 0. The summed E-state index contributed by atoms with van der Waals surface area (Å²) in [5, 5.41) is 0. The van der Waals surface area contributed by atoms with Crippen molar-refractivity contribution in [1.82, 2.24) is 0 Å². The molecular formula is C9H16. The summed E-state index contributed by atoms with van der Waals surface area (Å²) in [5.74, 6) is 2.30. The molecule has 0 spiro atoms. The summed E-state index contributed by atoms with van der Waals surface area (Å²) in [5.41, 5.74) is 0. The summed E-state index contributed by atoms with van der Waals surface area (Å²) >= 11 is 0. The van der Waals surface area contributed by atoms with Gasteiger partial charge in [0.2, 0.25) is 0 Å². The van der Waals surface area contributed by atoms with E-state index in [4.69, 9.17) is 0 Å². The Hall–Kier alpha value is 0. The average molecular weight is 124 g/mol. The Bertz CT molecular complexity index is 84.2. The van der Waals surface area contributed by atoms with Crippen LogP contribution in [0.1, 0.15) is 44.9 Å². The van der Waals surface area contributed by atoms with Gasteiger partial charge >= 0.3 is 0 Å². The third kappa shape index (κ3) is 1.12. The molecule has 0 heterocycles. The second-order valence-corrected chi connectivity index (χ2v) is 3.83. The van der Waals surface area contributed by atoms with Gasteiger partial charge in [0.1, 0.15) is 0 Å². The van der Waals surface area contributed by atoms with Crippen molar-refractivity contribution in [2.45, 2.75) is 44.9 Å². The largest absolute Gasteiger partial charge is 0.0530 e. The van der Waals surface area contributed by atoms with Crippen molar-refractivity contribution in [3.8, 4) is 0 Å². The van der Waals surface area contributed by atoms with E-state index >= 15 is 0 Å². The zero-order valence-corrected chi connectivity index (χ0v) is 6.10. The van der Waals surface area contributed by atoms with Gasteiger partial charge in [0, 0.05) is 0 Å². The molecule has 0 heteroatoms. The minimum atomic E-state index is 1.15. The SMILES string of the molecule is C1CC[C@H]2CC[C@@H](C1)C2. The van der Waals surface area contributed by atoms with Crippen molar-refractivity contribution in [3.05, 3.63) is 0 Å². The van der Waals surface area contributed by atoms with E-state index in [1.165, 1.54) is 12.8 Å². The van der Waals surface area contributed by atoms with E-state index in [2.05, 4.69) is 0 Å². The zero-order chi connectivity index (χ0) is 6.10. The fraction of sp³-hybridized carbons (Fsp3) is 1.00. The second kappa shape index (κ2) is 2.32. The van der Waals surface area contributed by atoms with E-state index in [-0.39, 0.29) is 0 Å². The summed E-state index contributed by atoms with van der Waals surface area (Å²) in [6.07, 6.45) is 10.9. The third-order valence-electron chi connectivity index (χ3n) is 3.12. The van der Waals surface area contributed by atoms with Crippen molar-refractivity contribution >= 4 is 0 Å². The molecule has 0 aliphatic heterocycles. The van der Waals surface area contributed by atoms with Crippen molar-refractivity contribution in [2.75, 3.05) is 0 Å². The first-order chi connectivity index (χ1) is 4.45. The predicted molar refractivity (Wildman–Crippen MR) is 39.3 cm³/mol. The van der Waals surface area contributed by atoms with Crippen LogP contribution in [0.25, 0.3) is 0 Å². The first-order valence-electron chi connectivity index (χ1n) is 4.45. The predicted octanol–water partition coefficient (Wildman–Crippen LogP) is 2.98. The standard InChI is InChI=1S/C9H16/c1-2-4-9-6-5-8(3-1)7-9/h8-9H,1-7H2/t8-,9+. The molecule has 2 aliphatic carbocycles. The molecular weight excluding hydrogens is 108 g/mol. The lowest BCUT2D eigenvalue weighted by atomic mass is 10.0. The second-order valence-electron chi connectivity index (χ2n) is 3.83. The summed E-state index contributed by atoms with van der Waals surface area (Å²) in [4.78, 5) is 0. The molecule has 0 radical (unpaired) electrons. The lowest BCUT2D eigenvalue weighted by Crippen LogP contribution is -1.89. The van der Waals surface area contributed by atoms with Crippen LogP contribution in [0.3, 0.4) is 0 Å². The molecule has 0 unspecified atom stereocenters. The van der Waals surface area contributed by atoms with Gasteiger partial charge in [0.15, 0.2) is 0 Å². The minimum Gasteiger partial charge on any atom is -0.0530 e. The van der Waals surface area contributed by atoms with Crippen LogP contribution in [-0.2, 0) is 0 Å². The topological polar surface area (TPSA) is 0 Å². The summed E-state index contributed by atoms with van der Waals surface area (Å²) in [6.45, 7) is 0. The maximum Gasteiger partial charge on any atom is -0.0412 e. The molecule has 52 valence electrons. The Morgan fingerprint density at radius 2 is 1.22 bits per heavy atom. The first-order valence-corrected chi connectivity index (χ1v) is 4.45. The smallest absolute Gasteiger partial charge is 0.0412 e. The van der Waals surface area contributed by atoms with Crippen LogP contribution < -0.4 is 0 Å². The first kappa shape index (κ1) is 5.76. The Morgan fingerprint density at radius 1 is 0.667 bits per heavy atom. The molecule has 0 amide bonds. The number of hydrogen-bond acceptors (Lipinski definition) is 0. The van der Waals surface area contributed by atoms with E-state index in [1.54, 1.807) is 32.1 Å². The van der Waals surface area contributed by atoms with Gasteiger partial charge in [0.05, 0.1) is 0 Å². The van der Waals surface area contributed by atoms with Crippen molar-refractivity contribution in [3.63, 3.8) is 0 Å². The van der Waals surface area contributed by atoms with Gasteiger partial charge in [-0.3, -0.25) is 0 Å². The monoisotopic (exact) mass is 124 g/mol. The Labute approximate surface area is 57.6 Å². The lowest BCUT2D eigenvalue weighted by molar-refractivity contribution is 0.486. The highest BCUT2D eigenvalue weighted by Crippen LogP contribution is 2.39. The van der Waals surface area contributed by atoms with Gasteiger partial charge in [-0.25, -0.2) is 0 Å². The van der Waals surface area contributed by atoms with E-state index in [1.807, 2.05) is 0 Å². The molecule has 0 saturated heterocycles. The van der Waals surface area contributed by atoms with Gasteiger partial charge in [0.25, 0.3) is 0 Å². The molecule has 2 saturated carbocycles. The fourth-order valence-electron chi connectivity index (χ4n) is 2.57. The maximum absolute atomic E-state index is 1.58. The zero-order valence-electron chi connectivity index (χ0n) is 6.10. The molecule has 0 aromatic carbocycles. The van der Waals surface area contributed by atoms with Crippen LogP contribution in [0.2, 0.25) is 0 Å². The molecule has 2 rings (SSSR count). The molecule has 2 fully saturated rings. The molecule has 9 heavy (non-hydrogen) atoms. The van der Waals surface area contributed by atoms with Gasteiger partial charge in [-0.05, 0) is 18.3 Å². The third-order valence-corrected chi connectivity index (χ3v) is 3.12. The molecule has 2 aliphatic rings. The molecule has 0 aromatic rings. The van der Waals surface area contributed by atoms with Gasteiger partial charge in [-0.15, -0.1) is 0 Å². The number of rotatable bonds is 0. The van der Waals surface area contributed by atoms with Gasteiger partial charge in [-0.1, -0.05) is 38.5 Å². The van der Waals surface area contributed by atoms with Crippen molar-refractivity contribution in [1.29, 1.82) is 0 Å². The Morgan fingerprint density at radius 3 is 1.78 bits per heavy atom. The van der Waals surface area contributed by atoms with Crippen molar-refractivity contribution < 1.29 is 0 Å². The van der Waals surface area contributed by atoms with Gasteiger partial charge < -0.3 is 0 Å². The highest BCUT2D eigenvalue weighted by molar-refractivity contribution is 4.78. The normalized spacial score (nSPS) is 42.7. The van der Waals surface area contributed by atoms with Crippen LogP contribution in [0, 0.1) is 11.8 Å².